The van der Waals surface area contributed by atoms with Crippen LogP contribution in [0.5, 0.6) is 0 Å². The van der Waals surface area contributed by atoms with E-state index in [1.807, 2.05) is 18.2 Å². The van der Waals surface area contributed by atoms with E-state index in [4.69, 9.17) is 17.2 Å². The summed E-state index contributed by atoms with van der Waals surface area (Å²) in [5, 5.41) is 0.466. The summed E-state index contributed by atoms with van der Waals surface area (Å²) in [5.74, 6) is -0.124. The number of rotatable bonds is 5. The van der Waals surface area contributed by atoms with Gasteiger partial charge in [-0.2, -0.15) is 0 Å². The number of nitrogen functional groups attached to an aromatic ring is 1. The predicted octanol–water partition coefficient (Wildman–Crippen LogP) is 1.69. The average molecular weight is 400 g/mol. The van der Waals surface area contributed by atoms with E-state index in [0.717, 1.165) is 11.1 Å². The summed E-state index contributed by atoms with van der Waals surface area (Å²) in [5.41, 5.74) is 20.3. The van der Waals surface area contributed by atoms with Crippen LogP contribution in [0.25, 0.3) is 22.0 Å². The molecular weight excluding hydrogens is 380 g/mol. The minimum absolute atomic E-state index is 0.156. The Labute approximate surface area is 172 Å². The van der Waals surface area contributed by atoms with Crippen LogP contribution in [0.15, 0.2) is 71.9 Å². The van der Waals surface area contributed by atoms with E-state index >= 15 is 0 Å². The number of hydrogen-bond acceptors (Lipinski definition) is 6. The first-order valence-corrected chi connectivity index (χ1v) is 9.30. The number of benzene rings is 2. The van der Waals surface area contributed by atoms with Crippen molar-refractivity contribution in [3.05, 3.63) is 88.6 Å². The van der Waals surface area contributed by atoms with Gasteiger partial charge in [0.25, 0.3) is 5.56 Å². The number of fused-ring (bicyclic) bond motifs is 1. The summed E-state index contributed by atoms with van der Waals surface area (Å²) in [6.07, 6.45) is 3.11. The Balaban J connectivity index is 1.79. The molecule has 1 amide bonds. The van der Waals surface area contributed by atoms with Gasteiger partial charge in [-0.15, -0.1) is 0 Å². The fourth-order valence-corrected chi connectivity index (χ4v) is 3.47. The Morgan fingerprint density at radius 2 is 1.83 bits per heavy atom. The largest absolute Gasteiger partial charge is 0.384 e. The van der Waals surface area contributed by atoms with Gasteiger partial charge in [-0.05, 0) is 53.1 Å². The topological polar surface area (TPSA) is 143 Å². The van der Waals surface area contributed by atoms with Gasteiger partial charge in [0.05, 0.1) is 23.3 Å². The van der Waals surface area contributed by atoms with Crippen molar-refractivity contribution in [2.75, 3.05) is 12.3 Å². The number of hydrogen-bond donors (Lipinski definition) is 3. The quantitative estimate of drug-likeness (QED) is 0.465. The van der Waals surface area contributed by atoms with Gasteiger partial charge in [-0.25, -0.2) is 9.97 Å². The summed E-state index contributed by atoms with van der Waals surface area (Å²) in [6.45, 7) is 0.156. The Bertz CT molecular complexity index is 1310. The Morgan fingerprint density at radius 3 is 2.57 bits per heavy atom. The van der Waals surface area contributed by atoms with Crippen molar-refractivity contribution in [1.82, 2.24) is 14.5 Å². The van der Waals surface area contributed by atoms with Gasteiger partial charge in [-0.1, -0.05) is 18.2 Å². The first-order chi connectivity index (χ1) is 14.5. The van der Waals surface area contributed by atoms with Crippen LogP contribution in [0.1, 0.15) is 22.0 Å². The number of carbonyl (C=O) groups is 1. The van der Waals surface area contributed by atoms with Gasteiger partial charge in [0.15, 0.2) is 0 Å². The highest BCUT2D eigenvalue weighted by Gasteiger charge is 2.17. The second kappa shape index (κ2) is 7.76. The molecule has 0 aliphatic rings. The molecule has 8 nitrogen and oxygen atoms in total. The normalized spacial score (nSPS) is 12.0. The van der Waals surface area contributed by atoms with E-state index in [2.05, 4.69) is 9.97 Å². The Hall–Kier alpha value is -4.04. The summed E-state index contributed by atoms with van der Waals surface area (Å²) < 4.78 is 1.48. The molecule has 8 heteroatoms. The molecule has 1 atom stereocenters. The minimum atomic E-state index is -0.541. The fraction of sp³-hybridized carbons (Fsp3) is 0.0909. The number of amides is 1. The van der Waals surface area contributed by atoms with Crippen LogP contribution in [0, 0.1) is 0 Å². The lowest BCUT2D eigenvalue weighted by Crippen LogP contribution is -2.31. The van der Waals surface area contributed by atoms with Crippen molar-refractivity contribution in [2.24, 2.45) is 11.5 Å². The highest BCUT2D eigenvalue weighted by Crippen LogP contribution is 2.24. The lowest BCUT2D eigenvalue weighted by atomic mass is 10.0. The molecule has 0 spiro atoms. The average Bonchev–Trinajstić information content (AvgIpc) is 2.76. The van der Waals surface area contributed by atoms with Crippen molar-refractivity contribution in [2.45, 2.75) is 6.04 Å². The molecule has 0 fully saturated rings. The molecule has 4 aromatic rings. The maximum Gasteiger partial charge on any atom is 0.261 e. The zero-order chi connectivity index (χ0) is 21.3. The lowest BCUT2D eigenvalue weighted by Gasteiger charge is -2.19. The lowest BCUT2D eigenvalue weighted by molar-refractivity contribution is 0.1000. The van der Waals surface area contributed by atoms with Crippen molar-refractivity contribution < 1.29 is 4.79 Å². The molecule has 0 bridgehead atoms. The van der Waals surface area contributed by atoms with Gasteiger partial charge in [0.2, 0.25) is 5.91 Å². The maximum absolute atomic E-state index is 13.2. The van der Waals surface area contributed by atoms with Crippen molar-refractivity contribution in [3.8, 4) is 11.1 Å². The molecule has 2 aromatic carbocycles. The highest BCUT2D eigenvalue weighted by atomic mass is 16.1. The van der Waals surface area contributed by atoms with Gasteiger partial charge in [0, 0.05) is 18.3 Å². The standard InChI is InChI=1S/C22H20N6O2/c23-11-19(15-2-1-3-16(8-15)21(25)29)28-12-27-18-9-13(4-5-17(18)22(28)30)14-6-7-26-20(24)10-14/h1-10,12,19H,11,23H2,(H2,24,26)(H2,25,29). The third-order valence-corrected chi connectivity index (χ3v) is 5.01. The molecule has 0 radical (unpaired) electrons. The van der Waals surface area contributed by atoms with Crippen LogP contribution in [0.2, 0.25) is 0 Å². The fourth-order valence-electron chi connectivity index (χ4n) is 3.47. The molecule has 0 aliphatic carbocycles. The monoisotopic (exact) mass is 400 g/mol. The van der Waals surface area contributed by atoms with Crippen LogP contribution < -0.4 is 22.8 Å². The van der Waals surface area contributed by atoms with E-state index < -0.39 is 11.9 Å². The molecule has 0 aliphatic heterocycles. The molecular formula is C22H20N6O2. The number of pyridine rings is 1. The Morgan fingerprint density at radius 1 is 1.03 bits per heavy atom. The second-order valence-corrected chi connectivity index (χ2v) is 6.90. The van der Waals surface area contributed by atoms with Gasteiger partial charge < -0.3 is 17.2 Å². The third kappa shape index (κ3) is 3.51. The van der Waals surface area contributed by atoms with Crippen LogP contribution >= 0.6 is 0 Å². The van der Waals surface area contributed by atoms with Crippen LogP contribution in [-0.4, -0.2) is 27.0 Å². The van der Waals surface area contributed by atoms with E-state index in [-0.39, 0.29) is 12.1 Å². The van der Waals surface area contributed by atoms with E-state index in [0.29, 0.717) is 27.8 Å². The third-order valence-electron chi connectivity index (χ3n) is 5.01. The molecule has 1 unspecified atom stereocenters. The van der Waals surface area contributed by atoms with Crippen LogP contribution in [-0.2, 0) is 0 Å². The first kappa shape index (κ1) is 19.3. The number of carbonyl (C=O) groups excluding carboxylic acids is 1. The molecule has 150 valence electrons. The number of nitrogens with zero attached hydrogens (tertiary/aromatic N) is 3. The SMILES string of the molecule is NCC(c1cccc(C(N)=O)c1)n1cnc2cc(-c3ccnc(N)c3)ccc2c1=O. The molecule has 30 heavy (non-hydrogen) atoms. The predicted molar refractivity (Wildman–Crippen MR) is 116 cm³/mol. The molecule has 4 rings (SSSR count). The zero-order valence-corrected chi connectivity index (χ0v) is 16.0. The molecule has 0 saturated carbocycles. The highest BCUT2D eigenvalue weighted by molar-refractivity contribution is 5.93. The molecule has 2 aromatic heterocycles. The maximum atomic E-state index is 13.2. The second-order valence-electron chi connectivity index (χ2n) is 6.90. The summed E-state index contributed by atoms with van der Waals surface area (Å²) in [6, 6.07) is 15.3. The molecule has 6 N–H and O–H groups in total. The van der Waals surface area contributed by atoms with Crippen molar-refractivity contribution in [1.29, 1.82) is 0 Å². The smallest absolute Gasteiger partial charge is 0.261 e. The van der Waals surface area contributed by atoms with Gasteiger partial charge in [0.1, 0.15) is 5.82 Å². The number of aromatic nitrogens is 3. The van der Waals surface area contributed by atoms with Crippen molar-refractivity contribution >= 4 is 22.6 Å². The van der Waals surface area contributed by atoms with Crippen molar-refractivity contribution in [3.63, 3.8) is 0 Å². The molecule has 2 heterocycles. The summed E-state index contributed by atoms with van der Waals surface area (Å²) in [4.78, 5) is 33.1. The van der Waals surface area contributed by atoms with Crippen LogP contribution in [0.4, 0.5) is 5.82 Å². The first-order valence-electron chi connectivity index (χ1n) is 9.30. The Kier molecular flexibility index (Phi) is 4.99. The summed E-state index contributed by atoms with van der Waals surface area (Å²) >= 11 is 0. The van der Waals surface area contributed by atoms with E-state index in [9.17, 15) is 9.59 Å². The van der Waals surface area contributed by atoms with Crippen LogP contribution in [0.3, 0.4) is 0 Å². The minimum Gasteiger partial charge on any atom is -0.384 e. The number of primary amides is 1. The number of nitrogens with two attached hydrogens (primary N) is 3. The summed E-state index contributed by atoms with van der Waals surface area (Å²) in [7, 11) is 0. The molecule has 0 saturated heterocycles. The van der Waals surface area contributed by atoms with E-state index in [1.165, 1.54) is 10.9 Å². The van der Waals surface area contributed by atoms with Gasteiger partial charge in [-0.3, -0.25) is 14.2 Å². The van der Waals surface area contributed by atoms with E-state index in [1.54, 1.807) is 42.6 Å². The van der Waals surface area contributed by atoms with Gasteiger partial charge >= 0.3 is 0 Å². The number of anilines is 1. The zero-order valence-electron chi connectivity index (χ0n) is 16.0.